The summed E-state index contributed by atoms with van der Waals surface area (Å²) in [5, 5.41) is 0.131. The fraction of sp³-hybridized carbons (Fsp3) is 1.00. The van der Waals surface area contributed by atoms with Gasteiger partial charge in [-0.3, -0.25) is 0 Å². The van der Waals surface area contributed by atoms with E-state index < -0.39 is 19.9 Å². The average Bonchev–Trinajstić information content (AvgIpc) is 2.18. The van der Waals surface area contributed by atoms with Gasteiger partial charge in [0, 0.05) is 17.7 Å². The van der Waals surface area contributed by atoms with Crippen molar-refractivity contribution >= 4 is 31.5 Å². The highest BCUT2D eigenvalue weighted by molar-refractivity contribution is 7.93. The predicted molar refractivity (Wildman–Crippen MR) is 68.5 cm³/mol. The zero-order valence-corrected chi connectivity index (χ0v) is 12.1. The third-order valence-corrected chi connectivity index (χ3v) is 5.80. The summed E-state index contributed by atoms with van der Waals surface area (Å²) in [4.78, 5) is 0. The molecule has 1 rings (SSSR count). The van der Waals surface area contributed by atoms with Gasteiger partial charge >= 0.3 is 0 Å². The predicted octanol–water partition coefficient (Wildman–Crippen LogP) is 0.500. The van der Waals surface area contributed by atoms with Crippen LogP contribution in [0.25, 0.3) is 0 Å². The van der Waals surface area contributed by atoms with E-state index in [1.54, 1.807) is 0 Å². The van der Waals surface area contributed by atoms with Crippen LogP contribution in [0.5, 0.6) is 0 Å². The smallest absolute Gasteiger partial charge is 0.212 e. The van der Waals surface area contributed by atoms with Gasteiger partial charge < -0.3 is 0 Å². The highest BCUT2D eigenvalue weighted by Gasteiger charge is 2.24. The Labute approximate surface area is 108 Å². The van der Waals surface area contributed by atoms with E-state index in [1.165, 1.54) is 0 Å². The molecule has 0 aromatic rings. The number of hydrogen-bond acceptors (Lipinski definition) is 4. The molecule has 1 saturated carbocycles. The molecule has 1 N–H and O–H groups in total. The van der Waals surface area contributed by atoms with Crippen molar-refractivity contribution in [2.45, 2.75) is 37.1 Å². The normalized spacial score (nSPS) is 26.9. The number of hydrogen-bond donors (Lipinski definition) is 1. The van der Waals surface area contributed by atoms with E-state index in [9.17, 15) is 16.8 Å². The minimum atomic E-state index is -3.50. The van der Waals surface area contributed by atoms with Crippen molar-refractivity contribution in [3.63, 3.8) is 0 Å². The van der Waals surface area contributed by atoms with E-state index >= 15 is 0 Å². The van der Waals surface area contributed by atoms with Crippen molar-refractivity contribution in [1.82, 2.24) is 4.72 Å². The number of rotatable bonds is 5. The van der Waals surface area contributed by atoms with Crippen LogP contribution < -0.4 is 4.72 Å². The van der Waals surface area contributed by atoms with Gasteiger partial charge in [-0.1, -0.05) is 0 Å². The molecule has 17 heavy (non-hydrogen) atoms. The van der Waals surface area contributed by atoms with Gasteiger partial charge in [-0.05, 0) is 25.7 Å². The Morgan fingerprint density at radius 2 is 1.59 bits per heavy atom. The first-order valence-electron chi connectivity index (χ1n) is 5.50. The minimum absolute atomic E-state index is 0.102. The molecule has 0 unspecified atom stereocenters. The number of nitrogens with one attached hydrogen (secondary N) is 1. The van der Waals surface area contributed by atoms with Crippen LogP contribution >= 0.6 is 11.6 Å². The van der Waals surface area contributed by atoms with Gasteiger partial charge in [-0.15, -0.1) is 11.6 Å². The molecule has 0 saturated heterocycles. The summed E-state index contributed by atoms with van der Waals surface area (Å²) < 4.78 is 47.6. The molecule has 1 fully saturated rings. The van der Waals surface area contributed by atoms with Crippen LogP contribution in [-0.2, 0) is 19.9 Å². The third kappa shape index (κ3) is 6.59. The first-order valence-corrected chi connectivity index (χ1v) is 9.65. The van der Waals surface area contributed by atoms with Gasteiger partial charge in [0.1, 0.15) is 9.84 Å². The van der Waals surface area contributed by atoms with Crippen molar-refractivity contribution in [1.29, 1.82) is 0 Å². The van der Waals surface area contributed by atoms with Gasteiger partial charge in [0.15, 0.2) is 0 Å². The van der Waals surface area contributed by atoms with Gasteiger partial charge in [-0.2, -0.15) is 0 Å². The molecule has 0 heterocycles. The minimum Gasteiger partial charge on any atom is -0.229 e. The maximum atomic E-state index is 11.6. The second kappa shape index (κ2) is 5.86. The van der Waals surface area contributed by atoms with Crippen LogP contribution in [0.1, 0.15) is 25.7 Å². The monoisotopic (exact) mass is 303 g/mol. The van der Waals surface area contributed by atoms with E-state index in [0.29, 0.717) is 12.8 Å². The molecular weight excluding hydrogens is 286 g/mol. The standard InChI is InChI=1S/C9H18ClNO4S2/c1-16(12,13)6-7-17(14,15)11-9-4-2-8(10)3-5-9/h8-9,11H,2-7H2,1H3. The summed E-state index contributed by atoms with van der Waals surface area (Å²) in [5.41, 5.74) is 0. The molecule has 0 amide bonds. The first kappa shape index (κ1) is 15.2. The lowest BCUT2D eigenvalue weighted by molar-refractivity contribution is 0.416. The zero-order chi connectivity index (χ0) is 13.1. The van der Waals surface area contributed by atoms with Crippen LogP contribution in [0, 0.1) is 0 Å². The summed E-state index contributed by atoms with van der Waals surface area (Å²) in [7, 11) is -6.75. The maximum Gasteiger partial charge on any atom is 0.212 e. The molecule has 0 aliphatic heterocycles. The molecule has 0 bridgehead atoms. The summed E-state index contributed by atoms with van der Waals surface area (Å²) in [6, 6.07) is -0.102. The Bertz CT molecular complexity index is 438. The van der Waals surface area contributed by atoms with Crippen LogP contribution in [0.2, 0.25) is 0 Å². The van der Waals surface area contributed by atoms with E-state index in [1.807, 2.05) is 0 Å². The lowest BCUT2D eigenvalue weighted by atomic mass is 9.96. The quantitative estimate of drug-likeness (QED) is 0.750. The molecule has 102 valence electrons. The second-order valence-electron chi connectivity index (χ2n) is 4.52. The Morgan fingerprint density at radius 3 is 2.06 bits per heavy atom. The van der Waals surface area contributed by atoms with Crippen LogP contribution in [0.3, 0.4) is 0 Å². The maximum absolute atomic E-state index is 11.6. The van der Waals surface area contributed by atoms with E-state index in [2.05, 4.69) is 4.72 Å². The Morgan fingerprint density at radius 1 is 1.06 bits per heavy atom. The van der Waals surface area contributed by atoms with Gasteiger partial charge in [-0.25, -0.2) is 21.6 Å². The van der Waals surface area contributed by atoms with Gasteiger partial charge in [0.2, 0.25) is 10.0 Å². The molecule has 5 nitrogen and oxygen atoms in total. The van der Waals surface area contributed by atoms with Crippen molar-refractivity contribution in [2.24, 2.45) is 0 Å². The topological polar surface area (TPSA) is 80.3 Å². The molecular formula is C9H18ClNO4S2. The van der Waals surface area contributed by atoms with Gasteiger partial charge in [0.25, 0.3) is 0 Å². The largest absolute Gasteiger partial charge is 0.229 e. The number of alkyl halides is 1. The third-order valence-electron chi connectivity index (χ3n) is 2.73. The molecule has 0 aromatic carbocycles. The second-order valence-corrected chi connectivity index (χ2v) is 9.27. The molecule has 0 radical (unpaired) electrons. The Kier molecular flexibility index (Phi) is 5.24. The number of sulfonamides is 1. The fourth-order valence-electron chi connectivity index (χ4n) is 1.74. The summed E-state index contributed by atoms with van der Waals surface area (Å²) in [6.07, 6.45) is 4.04. The van der Waals surface area contributed by atoms with Crippen molar-refractivity contribution in [3.8, 4) is 0 Å². The lowest BCUT2D eigenvalue weighted by Crippen LogP contribution is -2.40. The van der Waals surface area contributed by atoms with E-state index in [0.717, 1.165) is 19.1 Å². The van der Waals surface area contributed by atoms with Crippen molar-refractivity contribution in [2.75, 3.05) is 17.8 Å². The van der Waals surface area contributed by atoms with Gasteiger partial charge in [0.05, 0.1) is 11.5 Å². The molecule has 0 aromatic heterocycles. The Hall–Kier alpha value is 0.150. The van der Waals surface area contributed by atoms with Crippen LogP contribution in [0.4, 0.5) is 0 Å². The molecule has 0 spiro atoms. The van der Waals surface area contributed by atoms with Crippen molar-refractivity contribution < 1.29 is 16.8 Å². The van der Waals surface area contributed by atoms with E-state index in [-0.39, 0.29) is 22.9 Å². The summed E-state index contributed by atoms with van der Waals surface area (Å²) >= 11 is 5.92. The summed E-state index contributed by atoms with van der Waals surface area (Å²) in [5.74, 6) is -0.709. The fourth-order valence-corrected chi connectivity index (χ4v) is 4.95. The lowest BCUT2D eigenvalue weighted by Gasteiger charge is -2.25. The Balaban J connectivity index is 2.44. The molecule has 8 heteroatoms. The van der Waals surface area contributed by atoms with E-state index in [4.69, 9.17) is 11.6 Å². The highest BCUT2D eigenvalue weighted by atomic mass is 35.5. The van der Waals surface area contributed by atoms with Crippen molar-refractivity contribution in [3.05, 3.63) is 0 Å². The number of sulfone groups is 1. The zero-order valence-electron chi connectivity index (χ0n) is 9.72. The molecule has 1 aliphatic rings. The molecule has 1 aliphatic carbocycles. The summed E-state index contributed by atoms with van der Waals surface area (Å²) in [6.45, 7) is 0. The van der Waals surface area contributed by atoms with Crippen LogP contribution in [-0.4, -0.2) is 46.0 Å². The SMILES string of the molecule is CS(=O)(=O)CCS(=O)(=O)NC1CCC(Cl)CC1. The van der Waals surface area contributed by atoms with Crippen LogP contribution in [0.15, 0.2) is 0 Å². The number of halogens is 1. The molecule has 0 atom stereocenters. The highest BCUT2D eigenvalue weighted by Crippen LogP contribution is 2.23. The average molecular weight is 304 g/mol. The first-order chi connectivity index (χ1) is 7.68.